The minimum Gasteiger partial charge on any atom is -0.506 e. The first-order valence-corrected chi connectivity index (χ1v) is 4.65. The van der Waals surface area contributed by atoms with E-state index in [1.807, 2.05) is 6.92 Å². The van der Waals surface area contributed by atoms with Gasteiger partial charge in [0.1, 0.15) is 5.75 Å². The summed E-state index contributed by atoms with van der Waals surface area (Å²) in [6.07, 6.45) is 0.631. The second-order valence-electron chi connectivity index (χ2n) is 2.77. The number of rotatable bonds is 3. The van der Waals surface area contributed by atoms with E-state index in [2.05, 4.69) is 0 Å². The van der Waals surface area contributed by atoms with Gasteiger partial charge in [-0.1, -0.05) is 18.5 Å². The molecule has 0 heterocycles. The van der Waals surface area contributed by atoms with Crippen molar-refractivity contribution in [3.63, 3.8) is 0 Å². The molecule has 0 aliphatic heterocycles. The minimum atomic E-state index is 0.0619. The Morgan fingerprint density at radius 2 is 2.00 bits per heavy atom. The maximum Gasteiger partial charge on any atom is 0.167 e. The topological polar surface area (TPSA) is 38.7 Å². The Kier molecular flexibility index (Phi) is 3.47. The summed E-state index contributed by atoms with van der Waals surface area (Å²) in [5.74, 6) is 1.14. The van der Waals surface area contributed by atoms with Crippen molar-refractivity contribution in [1.29, 1.82) is 0 Å². The highest BCUT2D eigenvalue weighted by molar-refractivity contribution is 6.32. The van der Waals surface area contributed by atoms with Crippen LogP contribution in [0.2, 0.25) is 5.02 Å². The third kappa shape index (κ3) is 1.73. The van der Waals surface area contributed by atoms with Gasteiger partial charge in [0.05, 0.1) is 19.2 Å². The summed E-state index contributed by atoms with van der Waals surface area (Å²) in [4.78, 5) is 0. The minimum absolute atomic E-state index is 0.0619. The molecule has 0 bridgehead atoms. The number of phenols is 1. The standard InChI is InChI=1S/C10H13ClO3/c1-4-6-9(12)7(11)5-8(13-2)10(6)14-3/h5,12H,4H2,1-3H3. The van der Waals surface area contributed by atoms with Crippen molar-refractivity contribution in [2.75, 3.05) is 14.2 Å². The molecule has 0 aliphatic rings. The van der Waals surface area contributed by atoms with Crippen molar-refractivity contribution < 1.29 is 14.6 Å². The average molecular weight is 217 g/mol. The van der Waals surface area contributed by atoms with E-state index >= 15 is 0 Å². The number of halogens is 1. The van der Waals surface area contributed by atoms with Gasteiger partial charge in [0.25, 0.3) is 0 Å². The van der Waals surface area contributed by atoms with Crippen LogP contribution in [0, 0.1) is 0 Å². The summed E-state index contributed by atoms with van der Waals surface area (Å²) in [5, 5.41) is 9.94. The first-order chi connectivity index (χ1) is 6.65. The molecule has 1 aromatic carbocycles. The van der Waals surface area contributed by atoms with Gasteiger partial charge in [-0.25, -0.2) is 0 Å². The van der Waals surface area contributed by atoms with E-state index in [0.29, 0.717) is 23.5 Å². The van der Waals surface area contributed by atoms with Crippen LogP contribution in [0.1, 0.15) is 12.5 Å². The molecule has 1 N–H and O–H groups in total. The Labute approximate surface area is 88.2 Å². The van der Waals surface area contributed by atoms with Gasteiger partial charge in [-0.05, 0) is 6.42 Å². The van der Waals surface area contributed by atoms with Gasteiger partial charge in [-0.15, -0.1) is 0 Å². The van der Waals surface area contributed by atoms with Gasteiger partial charge < -0.3 is 14.6 Å². The van der Waals surface area contributed by atoms with Crippen LogP contribution in [0.15, 0.2) is 6.07 Å². The molecule has 0 spiro atoms. The van der Waals surface area contributed by atoms with Crippen LogP contribution in [0.4, 0.5) is 0 Å². The van der Waals surface area contributed by atoms with Crippen molar-refractivity contribution in [2.45, 2.75) is 13.3 Å². The Morgan fingerprint density at radius 1 is 1.36 bits per heavy atom. The van der Waals surface area contributed by atoms with Crippen LogP contribution in [0.25, 0.3) is 0 Å². The number of methoxy groups -OCH3 is 2. The fourth-order valence-electron chi connectivity index (χ4n) is 1.35. The van der Waals surface area contributed by atoms with Crippen molar-refractivity contribution in [1.82, 2.24) is 0 Å². The van der Waals surface area contributed by atoms with E-state index < -0.39 is 0 Å². The molecule has 0 fully saturated rings. The number of benzene rings is 1. The maximum atomic E-state index is 9.66. The molecule has 0 aliphatic carbocycles. The number of aromatic hydroxyl groups is 1. The Morgan fingerprint density at radius 3 is 2.43 bits per heavy atom. The van der Waals surface area contributed by atoms with E-state index in [1.54, 1.807) is 0 Å². The first kappa shape index (κ1) is 11.0. The van der Waals surface area contributed by atoms with E-state index in [0.717, 1.165) is 0 Å². The van der Waals surface area contributed by atoms with Crippen molar-refractivity contribution >= 4 is 11.6 Å². The lowest BCUT2D eigenvalue weighted by molar-refractivity contribution is 0.347. The smallest absolute Gasteiger partial charge is 0.167 e. The summed E-state index contributed by atoms with van der Waals surface area (Å²) >= 11 is 5.82. The lowest BCUT2D eigenvalue weighted by atomic mass is 10.1. The van der Waals surface area contributed by atoms with Crippen molar-refractivity contribution in [2.24, 2.45) is 0 Å². The molecule has 14 heavy (non-hydrogen) atoms. The molecule has 0 unspecified atom stereocenters. The Hall–Kier alpha value is -1.09. The summed E-state index contributed by atoms with van der Waals surface area (Å²) in [6.45, 7) is 1.91. The van der Waals surface area contributed by atoms with Crippen LogP contribution >= 0.6 is 11.6 Å². The number of phenolic OH excluding ortho intramolecular Hbond substituents is 1. The highest BCUT2D eigenvalue weighted by atomic mass is 35.5. The van der Waals surface area contributed by atoms with Crippen LogP contribution in [0.3, 0.4) is 0 Å². The third-order valence-electron chi connectivity index (χ3n) is 2.05. The molecule has 0 atom stereocenters. The largest absolute Gasteiger partial charge is 0.506 e. The van der Waals surface area contributed by atoms with Crippen molar-refractivity contribution in [3.05, 3.63) is 16.7 Å². The lowest BCUT2D eigenvalue weighted by Gasteiger charge is -2.14. The molecule has 0 aromatic heterocycles. The van der Waals surface area contributed by atoms with E-state index in [4.69, 9.17) is 21.1 Å². The molecule has 3 nitrogen and oxygen atoms in total. The molecule has 1 aromatic rings. The van der Waals surface area contributed by atoms with Crippen molar-refractivity contribution in [3.8, 4) is 17.2 Å². The van der Waals surface area contributed by atoms with Crippen LogP contribution < -0.4 is 9.47 Å². The van der Waals surface area contributed by atoms with Gasteiger partial charge in [-0.3, -0.25) is 0 Å². The predicted molar refractivity (Wildman–Crippen MR) is 55.6 cm³/mol. The number of hydrogen-bond donors (Lipinski definition) is 1. The maximum absolute atomic E-state index is 9.66. The zero-order valence-electron chi connectivity index (χ0n) is 8.43. The van der Waals surface area contributed by atoms with Gasteiger partial charge in [0.2, 0.25) is 0 Å². The lowest BCUT2D eigenvalue weighted by Crippen LogP contribution is -1.96. The van der Waals surface area contributed by atoms with Gasteiger partial charge in [0, 0.05) is 11.6 Å². The molecule has 0 amide bonds. The monoisotopic (exact) mass is 216 g/mol. The Bertz CT molecular complexity index is 337. The highest BCUT2D eigenvalue weighted by Crippen LogP contribution is 2.42. The van der Waals surface area contributed by atoms with E-state index in [9.17, 15) is 5.11 Å². The van der Waals surface area contributed by atoms with Gasteiger partial charge in [-0.2, -0.15) is 0 Å². The zero-order chi connectivity index (χ0) is 10.7. The Balaban J connectivity index is 3.42. The normalized spacial score (nSPS) is 10.0. The van der Waals surface area contributed by atoms with Gasteiger partial charge >= 0.3 is 0 Å². The van der Waals surface area contributed by atoms with Crippen LogP contribution in [0.5, 0.6) is 17.2 Å². The predicted octanol–water partition coefficient (Wildman–Crippen LogP) is 2.63. The van der Waals surface area contributed by atoms with Crippen LogP contribution in [-0.2, 0) is 6.42 Å². The zero-order valence-corrected chi connectivity index (χ0v) is 9.18. The second-order valence-corrected chi connectivity index (χ2v) is 3.18. The second kappa shape index (κ2) is 4.42. The molecular formula is C10H13ClO3. The molecule has 78 valence electrons. The quantitative estimate of drug-likeness (QED) is 0.844. The molecule has 0 radical (unpaired) electrons. The third-order valence-corrected chi connectivity index (χ3v) is 2.33. The fraction of sp³-hybridized carbons (Fsp3) is 0.400. The SMILES string of the molecule is CCc1c(O)c(Cl)cc(OC)c1OC. The van der Waals surface area contributed by atoms with Gasteiger partial charge in [0.15, 0.2) is 11.5 Å². The van der Waals surface area contributed by atoms with E-state index in [-0.39, 0.29) is 10.8 Å². The summed E-state index contributed by atoms with van der Waals surface area (Å²) < 4.78 is 10.2. The molecule has 0 saturated carbocycles. The number of ether oxygens (including phenoxy) is 2. The summed E-state index contributed by atoms with van der Waals surface area (Å²) in [6, 6.07) is 1.54. The molecule has 0 saturated heterocycles. The first-order valence-electron chi connectivity index (χ1n) is 4.28. The van der Waals surface area contributed by atoms with Crippen LogP contribution in [-0.4, -0.2) is 19.3 Å². The molecule has 4 heteroatoms. The van der Waals surface area contributed by atoms with E-state index in [1.165, 1.54) is 20.3 Å². The molecular weight excluding hydrogens is 204 g/mol. The molecule has 1 rings (SSSR count). The summed E-state index contributed by atoms with van der Waals surface area (Å²) in [5.41, 5.74) is 0.664. The average Bonchev–Trinajstić information content (AvgIpc) is 2.20. The summed E-state index contributed by atoms with van der Waals surface area (Å²) in [7, 11) is 3.06. The number of hydrogen-bond acceptors (Lipinski definition) is 3. The fourth-order valence-corrected chi connectivity index (χ4v) is 1.57. The highest BCUT2D eigenvalue weighted by Gasteiger charge is 2.16.